The van der Waals surface area contributed by atoms with Crippen molar-refractivity contribution < 1.29 is 4.79 Å². The van der Waals surface area contributed by atoms with E-state index in [1.807, 2.05) is 16.2 Å². The van der Waals surface area contributed by atoms with Gasteiger partial charge < -0.3 is 14.7 Å². The van der Waals surface area contributed by atoms with Crippen LogP contribution in [0.4, 0.5) is 4.79 Å². The molecule has 4 nitrogen and oxygen atoms in total. The van der Waals surface area contributed by atoms with Crippen molar-refractivity contribution in [2.45, 2.75) is 32.2 Å². The van der Waals surface area contributed by atoms with E-state index in [-0.39, 0.29) is 6.03 Å². The Morgan fingerprint density at radius 1 is 1.24 bits per heavy atom. The van der Waals surface area contributed by atoms with Gasteiger partial charge in [0.2, 0.25) is 0 Å². The summed E-state index contributed by atoms with van der Waals surface area (Å²) in [5, 5.41) is 2.15. The fraction of sp³-hybridized carbons (Fsp3) is 0.688. The Hall–Kier alpha value is -1.07. The molecule has 1 aromatic rings. The fourth-order valence-corrected chi connectivity index (χ4v) is 4.11. The molecule has 5 heteroatoms. The molecule has 0 atom stereocenters. The summed E-state index contributed by atoms with van der Waals surface area (Å²) in [4.78, 5) is 20.3. The van der Waals surface area contributed by atoms with Crippen LogP contribution in [0.5, 0.6) is 0 Å². The predicted octanol–water partition coefficient (Wildman–Crippen LogP) is 2.51. The summed E-state index contributed by atoms with van der Waals surface area (Å²) >= 11 is 1.85. The van der Waals surface area contributed by atoms with Crippen LogP contribution in [-0.2, 0) is 6.42 Å². The van der Waals surface area contributed by atoms with E-state index in [0.717, 1.165) is 58.5 Å². The van der Waals surface area contributed by atoms with Crippen molar-refractivity contribution in [2.24, 2.45) is 0 Å². The van der Waals surface area contributed by atoms with E-state index in [0.29, 0.717) is 6.04 Å². The van der Waals surface area contributed by atoms with E-state index in [1.54, 1.807) is 0 Å². The van der Waals surface area contributed by atoms with Gasteiger partial charge in [0.1, 0.15) is 0 Å². The number of hydrogen-bond donors (Lipinski definition) is 0. The molecule has 2 amide bonds. The molecule has 1 aromatic heterocycles. The van der Waals surface area contributed by atoms with Crippen LogP contribution in [0.25, 0.3) is 0 Å². The van der Waals surface area contributed by atoms with E-state index in [4.69, 9.17) is 0 Å². The van der Waals surface area contributed by atoms with Gasteiger partial charge in [-0.15, -0.1) is 11.3 Å². The first-order chi connectivity index (χ1) is 10.3. The predicted molar refractivity (Wildman–Crippen MR) is 86.8 cm³/mol. The van der Waals surface area contributed by atoms with Gasteiger partial charge >= 0.3 is 6.03 Å². The minimum Gasteiger partial charge on any atom is -0.323 e. The molecule has 0 unspecified atom stereocenters. The molecular formula is C16H25N3OS. The highest BCUT2D eigenvalue weighted by Crippen LogP contribution is 2.21. The molecule has 2 fully saturated rings. The smallest absolute Gasteiger partial charge is 0.320 e. The quantitative estimate of drug-likeness (QED) is 0.836. The van der Waals surface area contributed by atoms with Crippen LogP contribution in [-0.4, -0.2) is 66.0 Å². The van der Waals surface area contributed by atoms with Crippen LogP contribution in [0.15, 0.2) is 17.5 Å². The molecule has 2 aliphatic rings. The van der Waals surface area contributed by atoms with Crippen LogP contribution >= 0.6 is 11.3 Å². The maximum absolute atomic E-state index is 12.2. The summed E-state index contributed by atoms with van der Waals surface area (Å²) in [6, 6.07) is 5.08. The fourth-order valence-electron chi connectivity index (χ4n) is 3.41. The maximum Gasteiger partial charge on any atom is 0.320 e. The Balaban J connectivity index is 1.44. The number of rotatable bonds is 5. The molecule has 0 spiro atoms. The number of piperidine rings is 1. The van der Waals surface area contributed by atoms with Crippen molar-refractivity contribution in [3.63, 3.8) is 0 Å². The number of likely N-dealkylation sites (N-methyl/N-ethyl adjacent to an activating group) is 1. The molecule has 2 aliphatic heterocycles. The molecule has 2 saturated heterocycles. The van der Waals surface area contributed by atoms with Crippen molar-refractivity contribution in [1.29, 1.82) is 0 Å². The van der Waals surface area contributed by atoms with E-state index >= 15 is 0 Å². The lowest BCUT2D eigenvalue weighted by molar-refractivity contribution is 0.131. The zero-order chi connectivity index (χ0) is 14.7. The van der Waals surface area contributed by atoms with Crippen LogP contribution in [0.2, 0.25) is 0 Å². The van der Waals surface area contributed by atoms with Gasteiger partial charge in [-0.2, -0.15) is 0 Å². The molecular weight excluding hydrogens is 282 g/mol. The number of nitrogens with zero attached hydrogens (tertiary/aromatic N) is 3. The van der Waals surface area contributed by atoms with Crippen molar-refractivity contribution in [1.82, 2.24) is 14.7 Å². The number of hydrogen-bond acceptors (Lipinski definition) is 3. The highest BCUT2D eigenvalue weighted by atomic mass is 32.1. The molecule has 3 heterocycles. The minimum atomic E-state index is 0.259. The van der Waals surface area contributed by atoms with E-state index < -0.39 is 0 Å². The lowest BCUT2D eigenvalue weighted by Gasteiger charge is -2.36. The second-order valence-corrected chi connectivity index (χ2v) is 6.99. The molecule has 0 aliphatic carbocycles. The molecule has 0 bridgehead atoms. The summed E-state index contributed by atoms with van der Waals surface area (Å²) < 4.78 is 0. The average molecular weight is 307 g/mol. The molecule has 0 aromatic carbocycles. The third-order valence-corrected chi connectivity index (χ3v) is 5.70. The monoisotopic (exact) mass is 307 g/mol. The van der Waals surface area contributed by atoms with Gasteiger partial charge in [-0.05, 0) is 37.6 Å². The second-order valence-electron chi connectivity index (χ2n) is 5.96. The number of likely N-dealkylation sites (tertiary alicyclic amines) is 1. The highest BCUT2D eigenvalue weighted by Gasteiger charge is 2.34. The Labute approximate surface area is 131 Å². The largest absolute Gasteiger partial charge is 0.323 e. The van der Waals surface area contributed by atoms with Crippen molar-refractivity contribution in [3.05, 3.63) is 22.4 Å². The zero-order valence-corrected chi connectivity index (χ0v) is 13.6. The molecule has 0 radical (unpaired) electrons. The number of carbonyl (C=O) groups excluding carboxylic acids is 1. The Bertz CT molecular complexity index is 454. The minimum absolute atomic E-state index is 0.259. The summed E-state index contributed by atoms with van der Waals surface area (Å²) in [7, 11) is 0. The van der Waals surface area contributed by atoms with E-state index in [9.17, 15) is 4.79 Å². The summed E-state index contributed by atoms with van der Waals surface area (Å²) in [6.45, 7) is 8.16. The zero-order valence-electron chi connectivity index (χ0n) is 12.8. The number of carbonyl (C=O) groups is 1. The molecule has 116 valence electrons. The number of amides is 2. The van der Waals surface area contributed by atoms with Gasteiger partial charge in [0, 0.05) is 50.2 Å². The Morgan fingerprint density at radius 2 is 2.05 bits per heavy atom. The standard InChI is InChI=1S/C16H25N3OS/c1-2-18-11-12-19(16(18)20)14-5-8-17(9-6-14)10-7-15-4-3-13-21-15/h3-4,13-14H,2,5-12H2,1H3. The normalized spacial score (nSPS) is 21.5. The molecule has 0 N–H and O–H groups in total. The van der Waals surface area contributed by atoms with Crippen LogP contribution in [0.3, 0.4) is 0 Å². The number of thiophene rings is 1. The van der Waals surface area contributed by atoms with Crippen LogP contribution in [0, 0.1) is 0 Å². The van der Waals surface area contributed by atoms with Gasteiger partial charge in [-0.25, -0.2) is 4.79 Å². The first-order valence-electron chi connectivity index (χ1n) is 8.08. The lowest BCUT2D eigenvalue weighted by Crippen LogP contribution is -2.46. The van der Waals surface area contributed by atoms with E-state index in [2.05, 4.69) is 34.2 Å². The first-order valence-corrected chi connectivity index (χ1v) is 8.96. The van der Waals surface area contributed by atoms with E-state index in [1.165, 1.54) is 4.88 Å². The van der Waals surface area contributed by atoms with Gasteiger partial charge in [-0.3, -0.25) is 0 Å². The van der Waals surface area contributed by atoms with Gasteiger partial charge in [0.25, 0.3) is 0 Å². The van der Waals surface area contributed by atoms with Crippen LogP contribution < -0.4 is 0 Å². The van der Waals surface area contributed by atoms with Crippen molar-refractivity contribution in [2.75, 3.05) is 39.3 Å². The summed E-state index contributed by atoms with van der Waals surface area (Å²) in [6.07, 6.45) is 3.43. The maximum atomic E-state index is 12.2. The second kappa shape index (κ2) is 6.79. The van der Waals surface area contributed by atoms with Crippen molar-refractivity contribution >= 4 is 17.4 Å². The van der Waals surface area contributed by atoms with Crippen molar-refractivity contribution in [3.8, 4) is 0 Å². The summed E-state index contributed by atoms with van der Waals surface area (Å²) in [5.41, 5.74) is 0. The van der Waals surface area contributed by atoms with Gasteiger partial charge in [-0.1, -0.05) is 6.07 Å². The molecule has 21 heavy (non-hydrogen) atoms. The number of urea groups is 1. The topological polar surface area (TPSA) is 26.8 Å². The third-order valence-electron chi connectivity index (χ3n) is 4.76. The first kappa shape index (κ1) is 14.9. The lowest BCUT2D eigenvalue weighted by atomic mass is 10.0. The van der Waals surface area contributed by atoms with Gasteiger partial charge in [0.05, 0.1) is 0 Å². The SMILES string of the molecule is CCN1CCN(C2CCN(CCc3cccs3)CC2)C1=O. The Kier molecular flexibility index (Phi) is 4.80. The van der Waals surface area contributed by atoms with Gasteiger partial charge in [0.15, 0.2) is 0 Å². The average Bonchev–Trinajstić information content (AvgIpc) is 3.15. The Morgan fingerprint density at radius 3 is 2.67 bits per heavy atom. The van der Waals surface area contributed by atoms with Crippen LogP contribution in [0.1, 0.15) is 24.6 Å². The molecule has 0 saturated carbocycles. The summed E-state index contributed by atoms with van der Waals surface area (Å²) in [5.74, 6) is 0. The third kappa shape index (κ3) is 3.40. The molecule has 3 rings (SSSR count). The highest BCUT2D eigenvalue weighted by molar-refractivity contribution is 7.09.